The molecule has 1 heterocycles. The number of amides is 1. The quantitative estimate of drug-likeness (QED) is 0.772. The van der Waals surface area contributed by atoms with Crippen molar-refractivity contribution in [2.24, 2.45) is 0 Å². The third kappa shape index (κ3) is 3.92. The Labute approximate surface area is 116 Å². The van der Waals surface area contributed by atoms with Crippen LogP contribution in [0, 0.1) is 0 Å². The van der Waals surface area contributed by atoms with Crippen LogP contribution < -0.4 is 4.72 Å². The van der Waals surface area contributed by atoms with E-state index in [-0.39, 0.29) is 11.4 Å². The van der Waals surface area contributed by atoms with Crippen LogP contribution >= 0.6 is 0 Å². The summed E-state index contributed by atoms with van der Waals surface area (Å²) < 4.78 is 25.3. The largest absolute Gasteiger partial charge is 0.336 e. The molecular weight excluding hydrogens is 264 g/mol. The smallest absolute Gasteiger partial charge is 0.239 e. The summed E-state index contributed by atoms with van der Waals surface area (Å²) in [5, 5.41) is 0. The lowest BCUT2D eigenvalue weighted by Crippen LogP contribution is -2.50. The van der Waals surface area contributed by atoms with Crippen molar-refractivity contribution in [3.8, 4) is 0 Å². The summed E-state index contributed by atoms with van der Waals surface area (Å²) in [6.45, 7) is 4.92. The highest BCUT2D eigenvalue weighted by atomic mass is 32.2. The number of sulfonamides is 1. The van der Waals surface area contributed by atoms with Crippen molar-refractivity contribution in [2.45, 2.75) is 57.9 Å². The van der Waals surface area contributed by atoms with E-state index < -0.39 is 15.8 Å². The molecule has 19 heavy (non-hydrogen) atoms. The van der Waals surface area contributed by atoms with E-state index in [2.05, 4.69) is 18.6 Å². The molecule has 0 unspecified atom stereocenters. The molecule has 112 valence electrons. The molecule has 0 aromatic carbocycles. The topological polar surface area (TPSA) is 66.5 Å². The molecule has 1 amide bonds. The maximum atomic E-state index is 12.3. The number of hydrogen-bond donors (Lipinski definition) is 1. The van der Waals surface area contributed by atoms with Crippen LogP contribution in [-0.2, 0) is 14.8 Å². The zero-order chi connectivity index (χ0) is 14.5. The molecule has 0 aliphatic carbocycles. The van der Waals surface area contributed by atoms with Gasteiger partial charge in [-0.3, -0.25) is 4.79 Å². The molecule has 1 aliphatic rings. The van der Waals surface area contributed by atoms with Gasteiger partial charge in [-0.05, 0) is 32.7 Å². The van der Waals surface area contributed by atoms with Crippen molar-refractivity contribution in [3.05, 3.63) is 0 Å². The highest BCUT2D eigenvalue weighted by Crippen LogP contribution is 2.37. The first-order valence-electron chi connectivity index (χ1n) is 7.12. The van der Waals surface area contributed by atoms with E-state index in [0.717, 1.165) is 38.5 Å². The lowest BCUT2D eigenvalue weighted by atomic mass is 9.86. The first-order valence-corrected chi connectivity index (χ1v) is 8.77. The van der Waals surface area contributed by atoms with Gasteiger partial charge in [-0.25, -0.2) is 13.1 Å². The van der Waals surface area contributed by atoms with E-state index in [0.29, 0.717) is 6.54 Å². The molecule has 0 radical (unpaired) electrons. The fraction of sp³-hybridized carbons (Fsp3) is 0.923. The highest BCUT2D eigenvalue weighted by molar-refractivity contribution is 7.90. The van der Waals surface area contributed by atoms with Gasteiger partial charge >= 0.3 is 0 Å². The third-order valence-corrected chi connectivity index (χ3v) is 5.20. The summed E-state index contributed by atoms with van der Waals surface area (Å²) in [4.78, 5) is 14.1. The molecule has 1 rings (SSSR count). The molecule has 6 heteroatoms. The zero-order valence-electron chi connectivity index (χ0n) is 12.2. The summed E-state index contributed by atoms with van der Waals surface area (Å²) >= 11 is 0. The minimum absolute atomic E-state index is 0.107. The van der Waals surface area contributed by atoms with Crippen molar-refractivity contribution >= 4 is 15.9 Å². The normalized spacial score (nSPS) is 18.8. The average Bonchev–Trinajstić information content (AvgIpc) is 2.73. The van der Waals surface area contributed by atoms with E-state index >= 15 is 0 Å². The molecule has 1 fully saturated rings. The van der Waals surface area contributed by atoms with Crippen LogP contribution in [0.2, 0.25) is 0 Å². The lowest BCUT2D eigenvalue weighted by Gasteiger charge is -2.38. The molecule has 0 bridgehead atoms. The van der Waals surface area contributed by atoms with Crippen molar-refractivity contribution in [1.29, 1.82) is 0 Å². The molecule has 0 aromatic heterocycles. The van der Waals surface area contributed by atoms with Gasteiger partial charge in [0.25, 0.3) is 0 Å². The van der Waals surface area contributed by atoms with E-state index in [1.165, 1.54) is 7.05 Å². The molecular formula is C13H26N2O3S. The SMILES string of the molecule is CCCC1(CCC)CCCN1C(=O)CS(=O)(=O)NC. The lowest BCUT2D eigenvalue weighted by molar-refractivity contribution is -0.133. The molecule has 1 saturated heterocycles. The second kappa shape index (κ2) is 6.70. The van der Waals surface area contributed by atoms with Gasteiger partial charge in [-0.1, -0.05) is 26.7 Å². The summed E-state index contributed by atoms with van der Waals surface area (Å²) in [6, 6.07) is 0. The van der Waals surface area contributed by atoms with Crippen LogP contribution in [0.5, 0.6) is 0 Å². The van der Waals surface area contributed by atoms with Gasteiger partial charge in [0.05, 0.1) is 0 Å². The number of nitrogens with zero attached hydrogens (tertiary/aromatic N) is 1. The van der Waals surface area contributed by atoms with Crippen molar-refractivity contribution in [1.82, 2.24) is 9.62 Å². The van der Waals surface area contributed by atoms with Crippen LogP contribution in [0.4, 0.5) is 0 Å². The second-order valence-electron chi connectivity index (χ2n) is 5.34. The number of likely N-dealkylation sites (tertiary alicyclic amines) is 1. The van der Waals surface area contributed by atoms with E-state index in [9.17, 15) is 13.2 Å². The second-order valence-corrected chi connectivity index (χ2v) is 7.26. The summed E-state index contributed by atoms with van der Waals surface area (Å²) in [5.41, 5.74) is -0.107. The van der Waals surface area contributed by atoms with Crippen molar-refractivity contribution < 1.29 is 13.2 Å². The van der Waals surface area contributed by atoms with Gasteiger partial charge in [0.2, 0.25) is 15.9 Å². The Hall–Kier alpha value is -0.620. The van der Waals surface area contributed by atoms with Crippen LogP contribution in [0.3, 0.4) is 0 Å². The Morgan fingerprint density at radius 2 is 1.84 bits per heavy atom. The maximum absolute atomic E-state index is 12.3. The zero-order valence-corrected chi connectivity index (χ0v) is 13.1. The highest BCUT2D eigenvalue weighted by Gasteiger charge is 2.42. The maximum Gasteiger partial charge on any atom is 0.239 e. The third-order valence-electron chi connectivity index (χ3n) is 3.95. The average molecular weight is 290 g/mol. The molecule has 0 spiro atoms. The van der Waals surface area contributed by atoms with E-state index in [4.69, 9.17) is 0 Å². The number of rotatable bonds is 7. The number of hydrogen-bond acceptors (Lipinski definition) is 3. The first-order chi connectivity index (χ1) is 8.90. The molecule has 5 nitrogen and oxygen atoms in total. The fourth-order valence-electron chi connectivity index (χ4n) is 3.22. The Morgan fingerprint density at radius 1 is 1.26 bits per heavy atom. The summed E-state index contributed by atoms with van der Waals surface area (Å²) in [6.07, 6.45) is 5.94. The minimum Gasteiger partial charge on any atom is -0.336 e. The number of carbonyl (C=O) groups excluding carboxylic acids is 1. The Bertz CT molecular complexity index is 400. The van der Waals surface area contributed by atoms with Crippen LogP contribution in [0.15, 0.2) is 0 Å². The van der Waals surface area contributed by atoms with Crippen molar-refractivity contribution in [3.63, 3.8) is 0 Å². The monoisotopic (exact) mass is 290 g/mol. The van der Waals surface area contributed by atoms with Gasteiger partial charge < -0.3 is 4.90 Å². The van der Waals surface area contributed by atoms with Gasteiger partial charge in [0.15, 0.2) is 0 Å². The molecule has 1 N–H and O–H groups in total. The van der Waals surface area contributed by atoms with E-state index in [1.807, 2.05) is 4.90 Å². The molecule has 0 saturated carbocycles. The van der Waals surface area contributed by atoms with Crippen molar-refractivity contribution in [2.75, 3.05) is 19.3 Å². The van der Waals surface area contributed by atoms with Crippen LogP contribution in [0.25, 0.3) is 0 Å². The van der Waals surface area contributed by atoms with Crippen LogP contribution in [-0.4, -0.2) is 44.1 Å². The first kappa shape index (κ1) is 16.4. The van der Waals surface area contributed by atoms with Gasteiger partial charge in [0.1, 0.15) is 5.75 Å². The number of nitrogens with one attached hydrogen (secondary N) is 1. The Morgan fingerprint density at radius 3 is 2.32 bits per heavy atom. The molecule has 0 atom stereocenters. The summed E-state index contributed by atoms with van der Waals surface area (Å²) in [5.74, 6) is -0.688. The van der Waals surface area contributed by atoms with E-state index in [1.54, 1.807) is 0 Å². The minimum atomic E-state index is -3.48. The predicted octanol–water partition coefficient (Wildman–Crippen LogP) is 1.50. The standard InChI is InChI=1S/C13H26N2O3S/c1-4-7-13(8-5-2)9-6-10-15(13)12(16)11-19(17,18)14-3/h14H,4-11H2,1-3H3. The predicted molar refractivity (Wildman–Crippen MR) is 76.3 cm³/mol. The molecule has 0 aromatic rings. The molecule has 1 aliphatic heterocycles. The summed E-state index contributed by atoms with van der Waals surface area (Å²) in [7, 11) is -2.13. The van der Waals surface area contributed by atoms with Gasteiger partial charge in [-0.15, -0.1) is 0 Å². The Balaban J connectivity index is 2.87. The Kier molecular flexibility index (Phi) is 5.80. The van der Waals surface area contributed by atoms with Gasteiger partial charge in [-0.2, -0.15) is 0 Å². The van der Waals surface area contributed by atoms with Gasteiger partial charge in [0, 0.05) is 12.1 Å². The fourth-order valence-corrected chi connectivity index (χ4v) is 3.84. The van der Waals surface area contributed by atoms with Crippen LogP contribution in [0.1, 0.15) is 52.4 Å². The number of carbonyl (C=O) groups is 1.